The molecule has 0 bridgehead atoms. The molecular formula is C13H14N6O. The molecule has 0 aliphatic rings. The molecule has 3 heterocycles. The van der Waals surface area contributed by atoms with Crippen LogP contribution < -0.4 is 5.32 Å². The Morgan fingerprint density at radius 1 is 1.45 bits per heavy atom. The van der Waals surface area contributed by atoms with Crippen molar-refractivity contribution in [2.24, 2.45) is 7.05 Å². The standard InChI is InChI=1S/C13H14N6O/c1-9-10(8-16-18(9)2)7-15-13(20)11-6-12-14-4-3-5-19(12)17-11/h3-6,8H,7H2,1-2H3,(H,15,20). The molecule has 0 saturated carbocycles. The van der Waals surface area contributed by atoms with Gasteiger partial charge in [0, 0.05) is 43.3 Å². The first-order valence-corrected chi connectivity index (χ1v) is 6.21. The molecule has 0 spiro atoms. The molecule has 0 unspecified atom stereocenters. The van der Waals surface area contributed by atoms with Crippen LogP contribution in [-0.2, 0) is 13.6 Å². The fraction of sp³-hybridized carbons (Fsp3) is 0.231. The lowest BCUT2D eigenvalue weighted by Gasteiger charge is -2.02. The lowest BCUT2D eigenvalue weighted by Crippen LogP contribution is -2.23. The molecule has 3 aromatic heterocycles. The maximum Gasteiger partial charge on any atom is 0.272 e. The molecule has 7 heteroatoms. The van der Waals surface area contributed by atoms with Crippen molar-refractivity contribution in [1.82, 2.24) is 29.7 Å². The Labute approximate surface area is 115 Å². The fourth-order valence-electron chi connectivity index (χ4n) is 1.92. The third kappa shape index (κ3) is 2.13. The minimum Gasteiger partial charge on any atom is -0.346 e. The average Bonchev–Trinajstić information content (AvgIpc) is 3.02. The van der Waals surface area contributed by atoms with Gasteiger partial charge in [-0.3, -0.25) is 9.48 Å². The molecule has 7 nitrogen and oxygen atoms in total. The van der Waals surface area contributed by atoms with E-state index in [1.54, 1.807) is 39.9 Å². The Balaban J connectivity index is 1.74. The van der Waals surface area contributed by atoms with Gasteiger partial charge in [-0.2, -0.15) is 10.2 Å². The molecule has 0 atom stereocenters. The van der Waals surface area contributed by atoms with E-state index in [0.717, 1.165) is 11.3 Å². The summed E-state index contributed by atoms with van der Waals surface area (Å²) in [4.78, 5) is 16.2. The maximum absolute atomic E-state index is 12.1. The molecule has 0 aliphatic carbocycles. The first-order chi connectivity index (χ1) is 9.65. The van der Waals surface area contributed by atoms with Crippen LogP contribution in [0.5, 0.6) is 0 Å². The Morgan fingerprint density at radius 3 is 3.00 bits per heavy atom. The van der Waals surface area contributed by atoms with Crippen LogP contribution in [0.15, 0.2) is 30.7 Å². The van der Waals surface area contributed by atoms with Gasteiger partial charge in [0.25, 0.3) is 5.91 Å². The molecule has 1 amide bonds. The van der Waals surface area contributed by atoms with Gasteiger partial charge in [0.2, 0.25) is 0 Å². The van der Waals surface area contributed by atoms with E-state index < -0.39 is 0 Å². The summed E-state index contributed by atoms with van der Waals surface area (Å²) in [5.74, 6) is -0.223. The third-order valence-corrected chi connectivity index (χ3v) is 3.25. The number of rotatable bonds is 3. The highest BCUT2D eigenvalue weighted by Gasteiger charge is 2.12. The Bertz CT molecular complexity index is 739. The van der Waals surface area contributed by atoms with Gasteiger partial charge >= 0.3 is 0 Å². The number of aromatic nitrogens is 5. The summed E-state index contributed by atoms with van der Waals surface area (Å²) in [7, 11) is 1.87. The molecule has 3 aromatic rings. The second-order valence-corrected chi connectivity index (χ2v) is 4.51. The first-order valence-electron chi connectivity index (χ1n) is 6.21. The van der Waals surface area contributed by atoms with Crippen LogP contribution in [0.25, 0.3) is 5.65 Å². The second kappa shape index (κ2) is 4.76. The number of carbonyl (C=O) groups is 1. The van der Waals surface area contributed by atoms with Crippen LogP contribution in [-0.4, -0.2) is 30.3 Å². The summed E-state index contributed by atoms with van der Waals surface area (Å²) in [5.41, 5.74) is 3.02. The molecule has 1 N–H and O–H groups in total. The van der Waals surface area contributed by atoms with Gasteiger partial charge < -0.3 is 5.32 Å². The summed E-state index contributed by atoms with van der Waals surface area (Å²) >= 11 is 0. The predicted octanol–water partition coefficient (Wildman–Crippen LogP) is 0.701. The van der Waals surface area contributed by atoms with E-state index in [-0.39, 0.29) is 5.91 Å². The van der Waals surface area contributed by atoms with Crippen LogP contribution >= 0.6 is 0 Å². The van der Waals surface area contributed by atoms with E-state index in [9.17, 15) is 4.79 Å². The highest BCUT2D eigenvalue weighted by Crippen LogP contribution is 2.06. The van der Waals surface area contributed by atoms with E-state index in [1.165, 1.54) is 0 Å². The highest BCUT2D eigenvalue weighted by atomic mass is 16.1. The highest BCUT2D eigenvalue weighted by molar-refractivity contribution is 5.93. The molecule has 0 aliphatic heterocycles. The van der Waals surface area contributed by atoms with Crippen LogP contribution in [0.4, 0.5) is 0 Å². The minimum atomic E-state index is -0.223. The van der Waals surface area contributed by atoms with E-state index >= 15 is 0 Å². The van der Waals surface area contributed by atoms with Gasteiger partial charge in [0.15, 0.2) is 11.3 Å². The van der Waals surface area contributed by atoms with Gasteiger partial charge in [-0.1, -0.05) is 0 Å². The molecule has 102 valence electrons. The largest absolute Gasteiger partial charge is 0.346 e. The van der Waals surface area contributed by atoms with E-state index in [0.29, 0.717) is 17.9 Å². The third-order valence-electron chi connectivity index (χ3n) is 3.25. The zero-order valence-electron chi connectivity index (χ0n) is 11.2. The van der Waals surface area contributed by atoms with Crippen molar-refractivity contribution in [3.05, 3.63) is 47.7 Å². The van der Waals surface area contributed by atoms with Gasteiger partial charge in [-0.05, 0) is 13.0 Å². The van der Waals surface area contributed by atoms with Gasteiger partial charge in [-0.25, -0.2) is 9.50 Å². The molecule has 20 heavy (non-hydrogen) atoms. The van der Waals surface area contributed by atoms with E-state index in [2.05, 4.69) is 20.5 Å². The number of hydrogen-bond acceptors (Lipinski definition) is 4. The Kier molecular flexibility index (Phi) is 2.94. The number of amides is 1. The van der Waals surface area contributed by atoms with Crippen molar-refractivity contribution in [1.29, 1.82) is 0 Å². The lowest BCUT2D eigenvalue weighted by atomic mass is 10.2. The fourth-order valence-corrected chi connectivity index (χ4v) is 1.92. The number of carbonyl (C=O) groups excluding carboxylic acids is 1. The van der Waals surface area contributed by atoms with Gasteiger partial charge in [0.05, 0.1) is 6.20 Å². The number of aryl methyl sites for hydroxylation is 1. The Hall–Kier alpha value is -2.70. The normalized spacial score (nSPS) is 10.9. The first kappa shape index (κ1) is 12.3. The predicted molar refractivity (Wildman–Crippen MR) is 72.1 cm³/mol. The van der Waals surface area contributed by atoms with E-state index in [4.69, 9.17) is 0 Å². The number of nitrogens with zero attached hydrogens (tertiary/aromatic N) is 5. The monoisotopic (exact) mass is 270 g/mol. The molecular weight excluding hydrogens is 256 g/mol. The van der Waals surface area contributed by atoms with Crippen molar-refractivity contribution in [3.63, 3.8) is 0 Å². The zero-order valence-corrected chi connectivity index (χ0v) is 11.2. The summed E-state index contributed by atoms with van der Waals surface area (Å²) in [6, 6.07) is 3.42. The van der Waals surface area contributed by atoms with Crippen molar-refractivity contribution < 1.29 is 4.79 Å². The van der Waals surface area contributed by atoms with Gasteiger partial charge in [0.1, 0.15) is 0 Å². The van der Waals surface area contributed by atoms with Crippen LogP contribution in [0, 0.1) is 6.92 Å². The summed E-state index contributed by atoms with van der Waals surface area (Å²) in [5, 5.41) is 11.1. The summed E-state index contributed by atoms with van der Waals surface area (Å²) < 4.78 is 3.35. The molecule has 0 aromatic carbocycles. The lowest BCUT2D eigenvalue weighted by molar-refractivity contribution is 0.0945. The maximum atomic E-state index is 12.1. The average molecular weight is 270 g/mol. The molecule has 3 rings (SSSR count). The number of hydrogen-bond donors (Lipinski definition) is 1. The van der Waals surface area contributed by atoms with Crippen LogP contribution in [0.1, 0.15) is 21.7 Å². The van der Waals surface area contributed by atoms with Crippen molar-refractivity contribution in [2.75, 3.05) is 0 Å². The van der Waals surface area contributed by atoms with Crippen molar-refractivity contribution >= 4 is 11.6 Å². The molecule has 0 saturated heterocycles. The van der Waals surface area contributed by atoms with Gasteiger partial charge in [-0.15, -0.1) is 0 Å². The topological polar surface area (TPSA) is 77.1 Å². The number of fused-ring (bicyclic) bond motifs is 1. The Morgan fingerprint density at radius 2 is 2.30 bits per heavy atom. The minimum absolute atomic E-state index is 0.223. The van der Waals surface area contributed by atoms with E-state index in [1.807, 2.05) is 14.0 Å². The number of nitrogens with one attached hydrogen (secondary N) is 1. The molecule has 0 fully saturated rings. The smallest absolute Gasteiger partial charge is 0.272 e. The zero-order chi connectivity index (χ0) is 14.1. The van der Waals surface area contributed by atoms with Crippen molar-refractivity contribution in [3.8, 4) is 0 Å². The summed E-state index contributed by atoms with van der Waals surface area (Å²) in [6.07, 6.45) is 5.17. The summed E-state index contributed by atoms with van der Waals surface area (Å²) in [6.45, 7) is 2.39. The van der Waals surface area contributed by atoms with Crippen LogP contribution in [0.3, 0.4) is 0 Å². The molecule has 0 radical (unpaired) electrons. The SMILES string of the molecule is Cc1c(CNC(=O)c2cc3ncccn3n2)cnn1C. The van der Waals surface area contributed by atoms with Crippen molar-refractivity contribution in [2.45, 2.75) is 13.5 Å². The van der Waals surface area contributed by atoms with Crippen LogP contribution in [0.2, 0.25) is 0 Å². The second-order valence-electron chi connectivity index (χ2n) is 4.51. The quantitative estimate of drug-likeness (QED) is 0.760.